The molecule has 0 aromatic carbocycles. The van der Waals surface area contributed by atoms with E-state index in [0.717, 1.165) is 0 Å². The van der Waals surface area contributed by atoms with Gasteiger partial charge in [-0.2, -0.15) is 18.2 Å². The number of nitrogens with zero attached hydrogens (tertiary/aromatic N) is 4. The van der Waals surface area contributed by atoms with E-state index in [2.05, 4.69) is 24.9 Å². The van der Waals surface area contributed by atoms with E-state index < -0.39 is 18.0 Å². The molecule has 2 heterocycles. The predicted molar refractivity (Wildman–Crippen MR) is 60.8 cm³/mol. The molecule has 0 N–H and O–H groups in total. The molecule has 0 unspecified atom stereocenters. The van der Waals surface area contributed by atoms with Crippen LogP contribution in [-0.4, -0.2) is 26.3 Å². The summed E-state index contributed by atoms with van der Waals surface area (Å²) < 4.78 is 45.9. The van der Waals surface area contributed by atoms with Gasteiger partial charge in [0.2, 0.25) is 11.7 Å². The van der Waals surface area contributed by atoms with Crippen molar-refractivity contribution in [2.45, 2.75) is 20.0 Å². The maximum absolute atomic E-state index is 12.3. The molecule has 0 aliphatic heterocycles. The molecule has 0 aliphatic carbocycles. The highest BCUT2D eigenvalue weighted by molar-refractivity contribution is 5.73. The van der Waals surface area contributed by atoms with E-state index in [1.807, 2.05) is 0 Å². The Kier molecular flexibility index (Phi) is 3.87. The summed E-state index contributed by atoms with van der Waals surface area (Å²) in [5.41, 5.74) is -0.0430. The van der Waals surface area contributed by atoms with Crippen molar-refractivity contribution in [3.05, 3.63) is 18.0 Å². The summed E-state index contributed by atoms with van der Waals surface area (Å²) >= 11 is 0. The van der Waals surface area contributed by atoms with Crippen molar-refractivity contribution in [2.75, 3.05) is 0 Å². The molecule has 2 rings (SSSR count). The molecule has 0 spiro atoms. The second-order valence-corrected chi connectivity index (χ2v) is 4.25. The summed E-state index contributed by atoms with van der Waals surface area (Å²) in [6.45, 7) is 3.28. The van der Waals surface area contributed by atoms with E-state index in [-0.39, 0.29) is 23.3 Å². The van der Waals surface area contributed by atoms with Crippen molar-refractivity contribution in [3.63, 3.8) is 0 Å². The molecule has 0 amide bonds. The molecule has 2 aromatic heterocycles. The van der Waals surface area contributed by atoms with Gasteiger partial charge in [0, 0.05) is 6.07 Å². The number of carbonyl (C=O) groups is 1. The van der Waals surface area contributed by atoms with Crippen LogP contribution in [0.5, 0.6) is 5.88 Å². The van der Waals surface area contributed by atoms with Crippen LogP contribution in [0.15, 0.2) is 16.7 Å². The van der Waals surface area contributed by atoms with Crippen molar-refractivity contribution >= 4 is 5.97 Å². The van der Waals surface area contributed by atoms with Gasteiger partial charge in [-0.05, 0) is 6.07 Å². The normalized spacial score (nSPS) is 11.7. The number of ether oxygens (including phenoxy) is 1. The average Bonchev–Trinajstić information content (AvgIpc) is 2.89. The van der Waals surface area contributed by atoms with E-state index in [0.29, 0.717) is 0 Å². The number of esters is 1. The number of aromatic nitrogens is 4. The Hall–Kier alpha value is -2.52. The van der Waals surface area contributed by atoms with Crippen LogP contribution in [0.4, 0.5) is 13.2 Å². The lowest BCUT2D eigenvalue weighted by Gasteiger charge is -2.04. The lowest BCUT2D eigenvalue weighted by atomic mass is 10.2. The summed E-state index contributed by atoms with van der Waals surface area (Å²) in [4.78, 5) is 14.5. The van der Waals surface area contributed by atoms with Crippen molar-refractivity contribution in [1.29, 1.82) is 0 Å². The first kappa shape index (κ1) is 14.9. The Morgan fingerprint density at radius 2 is 2.00 bits per heavy atom. The Labute approximate surface area is 116 Å². The molecule has 0 bridgehead atoms. The lowest BCUT2D eigenvalue weighted by molar-refractivity contribution is -0.159. The van der Waals surface area contributed by atoms with Crippen LogP contribution in [0.25, 0.3) is 11.5 Å². The minimum atomic E-state index is -4.73. The van der Waals surface area contributed by atoms with Crippen molar-refractivity contribution in [3.8, 4) is 17.4 Å². The zero-order chi connectivity index (χ0) is 15.6. The minimum absolute atomic E-state index is 0.0430. The van der Waals surface area contributed by atoms with Crippen molar-refractivity contribution in [1.82, 2.24) is 20.3 Å². The summed E-state index contributed by atoms with van der Waals surface area (Å²) in [6, 6.07) is 2.53. The number of halogens is 3. The van der Waals surface area contributed by atoms with Gasteiger partial charge in [0.15, 0.2) is 0 Å². The molecule has 21 heavy (non-hydrogen) atoms. The van der Waals surface area contributed by atoms with Crippen LogP contribution >= 0.6 is 0 Å². The summed E-state index contributed by atoms with van der Waals surface area (Å²) in [7, 11) is 0. The van der Waals surface area contributed by atoms with E-state index in [9.17, 15) is 18.0 Å². The fourth-order valence-electron chi connectivity index (χ4n) is 1.16. The van der Waals surface area contributed by atoms with Gasteiger partial charge in [-0.1, -0.05) is 19.0 Å². The summed E-state index contributed by atoms with van der Waals surface area (Å²) in [5.74, 6) is -2.77. The smallest absolute Gasteiger partial charge is 0.406 e. The first-order valence-electron chi connectivity index (χ1n) is 5.74. The highest BCUT2D eigenvalue weighted by atomic mass is 19.4. The molecule has 0 fully saturated rings. The number of rotatable bonds is 3. The monoisotopic (exact) mass is 302 g/mol. The van der Waals surface area contributed by atoms with Crippen LogP contribution in [0, 0.1) is 5.92 Å². The molecular weight excluding hydrogens is 293 g/mol. The molecule has 0 saturated carbocycles. The minimum Gasteiger partial charge on any atom is -0.406 e. The third-order valence-corrected chi connectivity index (χ3v) is 2.21. The number of hydrogen-bond acceptors (Lipinski definition) is 7. The molecule has 7 nitrogen and oxygen atoms in total. The van der Waals surface area contributed by atoms with Gasteiger partial charge in [0.1, 0.15) is 5.69 Å². The fourth-order valence-corrected chi connectivity index (χ4v) is 1.16. The fraction of sp³-hybridized carbons (Fsp3) is 0.364. The van der Waals surface area contributed by atoms with Gasteiger partial charge in [-0.25, -0.2) is 0 Å². The van der Waals surface area contributed by atoms with Gasteiger partial charge >= 0.3 is 18.0 Å². The maximum atomic E-state index is 12.3. The third kappa shape index (κ3) is 3.52. The maximum Gasteiger partial charge on any atom is 0.471 e. The largest absolute Gasteiger partial charge is 0.471 e. The summed E-state index contributed by atoms with van der Waals surface area (Å²) in [5, 5.41) is 10.3. The van der Waals surface area contributed by atoms with Gasteiger partial charge in [-0.15, -0.1) is 10.2 Å². The first-order valence-corrected chi connectivity index (χ1v) is 5.74. The molecule has 0 atom stereocenters. The van der Waals surface area contributed by atoms with Gasteiger partial charge < -0.3 is 9.26 Å². The van der Waals surface area contributed by atoms with Crippen LogP contribution in [0.1, 0.15) is 19.7 Å². The zero-order valence-electron chi connectivity index (χ0n) is 10.9. The molecule has 0 radical (unpaired) electrons. The van der Waals surface area contributed by atoms with E-state index in [1.54, 1.807) is 13.8 Å². The molecule has 10 heteroatoms. The molecule has 0 saturated heterocycles. The number of carbonyl (C=O) groups excluding carboxylic acids is 1. The molecule has 2 aromatic rings. The van der Waals surface area contributed by atoms with Crippen LogP contribution in [0.2, 0.25) is 0 Å². The van der Waals surface area contributed by atoms with E-state index in [4.69, 9.17) is 4.74 Å². The van der Waals surface area contributed by atoms with Crippen LogP contribution < -0.4 is 4.74 Å². The Balaban J connectivity index is 2.16. The molecule has 0 aliphatic rings. The predicted octanol–water partition coefficient (Wildman–Crippen LogP) is 2.11. The second-order valence-electron chi connectivity index (χ2n) is 4.25. The second kappa shape index (κ2) is 5.46. The van der Waals surface area contributed by atoms with Gasteiger partial charge in [-0.3, -0.25) is 4.79 Å². The lowest BCUT2D eigenvalue weighted by Crippen LogP contribution is -2.15. The quantitative estimate of drug-likeness (QED) is 0.802. The summed E-state index contributed by atoms with van der Waals surface area (Å²) in [6.07, 6.45) is -4.73. The SMILES string of the molecule is CC(C)C(=O)Oc1ccc(-c2noc(C(F)(F)F)n2)nn1. The molecule has 112 valence electrons. The Bertz CT molecular complexity index is 637. The Morgan fingerprint density at radius 1 is 1.29 bits per heavy atom. The van der Waals surface area contributed by atoms with Gasteiger partial charge in [0.25, 0.3) is 0 Å². The first-order chi connectivity index (χ1) is 9.77. The standard InChI is InChI=1S/C11H9F3N4O3/c1-5(2)9(19)20-7-4-3-6(16-17-7)8-15-10(21-18-8)11(12,13)14/h3-5H,1-2H3. The average molecular weight is 302 g/mol. The molecular formula is C11H9F3N4O3. The van der Waals surface area contributed by atoms with E-state index >= 15 is 0 Å². The van der Waals surface area contributed by atoms with Crippen molar-refractivity contribution in [2.24, 2.45) is 5.92 Å². The van der Waals surface area contributed by atoms with E-state index in [1.165, 1.54) is 12.1 Å². The number of hydrogen-bond donors (Lipinski definition) is 0. The van der Waals surface area contributed by atoms with Crippen LogP contribution in [0.3, 0.4) is 0 Å². The zero-order valence-corrected chi connectivity index (χ0v) is 10.9. The third-order valence-electron chi connectivity index (χ3n) is 2.21. The Morgan fingerprint density at radius 3 is 2.48 bits per heavy atom. The van der Waals surface area contributed by atoms with Crippen molar-refractivity contribution < 1.29 is 27.2 Å². The number of alkyl halides is 3. The van der Waals surface area contributed by atoms with Crippen LogP contribution in [-0.2, 0) is 11.0 Å². The highest BCUT2D eigenvalue weighted by Crippen LogP contribution is 2.28. The van der Waals surface area contributed by atoms with Gasteiger partial charge in [0.05, 0.1) is 5.92 Å². The highest BCUT2D eigenvalue weighted by Gasteiger charge is 2.38. The topological polar surface area (TPSA) is 91.0 Å².